The normalized spacial score (nSPS) is 10.4. The van der Waals surface area contributed by atoms with Crippen molar-refractivity contribution >= 4 is 11.9 Å². The van der Waals surface area contributed by atoms with Crippen LogP contribution in [0.3, 0.4) is 0 Å². The molecule has 0 saturated heterocycles. The number of esters is 2. The third-order valence-electron chi connectivity index (χ3n) is 2.38. The van der Waals surface area contributed by atoms with Crippen LogP contribution >= 0.6 is 0 Å². The van der Waals surface area contributed by atoms with Crippen LogP contribution in [0.15, 0.2) is 15.3 Å². The van der Waals surface area contributed by atoms with Gasteiger partial charge in [-0.1, -0.05) is 13.8 Å². The van der Waals surface area contributed by atoms with Crippen LogP contribution in [0.4, 0.5) is 0 Å². The van der Waals surface area contributed by atoms with Crippen molar-refractivity contribution in [2.45, 2.75) is 27.7 Å². The van der Waals surface area contributed by atoms with Crippen LogP contribution in [-0.4, -0.2) is 25.2 Å². The Hall–Kier alpha value is -2.11. The summed E-state index contributed by atoms with van der Waals surface area (Å²) in [5, 5.41) is 0. The highest BCUT2D eigenvalue weighted by molar-refractivity contribution is 6.03. The lowest BCUT2D eigenvalue weighted by atomic mass is 10.1. The van der Waals surface area contributed by atoms with Gasteiger partial charge in [0.25, 0.3) is 0 Å². The minimum absolute atomic E-state index is 0.0364. The van der Waals surface area contributed by atoms with E-state index in [1.165, 1.54) is 6.92 Å². The fourth-order valence-electron chi connectivity index (χ4n) is 1.55. The first-order valence-corrected chi connectivity index (χ1v) is 6.35. The van der Waals surface area contributed by atoms with Crippen LogP contribution in [0.5, 0.6) is 0 Å². The van der Waals surface area contributed by atoms with Gasteiger partial charge in [0.05, 0.1) is 18.8 Å². The van der Waals surface area contributed by atoms with E-state index >= 15 is 0 Å². The molecule has 0 amide bonds. The molecule has 0 N–H and O–H groups in total. The minimum atomic E-state index is -0.750. The molecular weight excluding hydrogens is 264 g/mol. The molecule has 0 atom stereocenters. The van der Waals surface area contributed by atoms with Crippen molar-refractivity contribution in [3.05, 3.63) is 33.4 Å². The first-order valence-electron chi connectivity index (χ1n) is 6.35. The number of rotatable bonds is 5. The lowest BCUT2D eigenvalue weighted by Gasteiger charge is -2.11. The van der Waals surface area contributed by atoms with Crippen molar-refractivity contribution in [1.29, 1.82) is 0 Å². The molecule has 0 bridgehead atoms. The molecule has 6 heteroatoms. The van der Waals surface area contributed by atoms with Gasteiger partial charge in [0, 0.05) is 6.07 Å². The van der Waals surface area contributed by atoms with Crippen LogP contribution in [0.25, 0.3) is 0 Å². The molecule has 0 spiro atoms. The summed E-state index contributed by atoms with van der Waals surface area (Å²) in [4.78, 5) is 35.2. The van der Waals surface area contributed by atoms with Crippen LogP contribution in [0.2, 0.25) is 0 Å². The fourth-order valence-corrected chi connectivity index (χ4v) is 1.55. The van der Waals surface area contributed by atoms with E-state index in [0.29, 0.717) is 0 Å². The van der Waals surface area contributed by atoms with Crippen LogP contribution in [0.1, 0.15) is 47.2 Å². The molecule has 0 aromatic carbocycles. The zero-order chi connectivity index (χ0) is 15.3. The molecule has 1 rings (SSSR count). The predicted octanol–water partition coefficient (Wildman–Crippen LogP) is 1.94. The maximum atomic E-state index is 12.0. The maximum absolute atomic E-state index is 12.0. The van der Waals surface area contributed by atoms with E-state index in [4.69, 9.17) is 13.9 Å². The Bertz CT molecular complexity index is 555. The van der Waals surface area contributed by atoms with Gasteiger partial charge in [0.1, 0.15) is 11.3 Å². The highest BCUT2D eigenvalue weighted by Gasteiger charge is 2.24. The summed E-state index contributed by atoms with van der Waals surface area (Å²) in [5.74, 6) is -1.27. The van der Waals surface area contributed by atoms with E-state index in [0.717, 1.165) is 6.07 Å². The summed E-state index contributed by atoms with van der Waals surface area (Å²) in [6.07, 6.45) is 0. The van der Waals surface area contributed by atoms with Crippen molar-refractivity contribution < 1.29 is 23.5 Å². The Kier molecular flexibility index (Phi) is 5.49. The molecule has 20 heavy (non-hydrogen) atoms. The summed E-state index contributed by atoms with van der Waals surface area (Å²) in [7, 11) is 0. The lowest BCUT2D eigenvalue weighted by molar-refractivity contribution is 0.0429. The molecule has 0 aliphatic carbocycles. The number of ether oxygens (including phenoxy) is 2. The number of hydrogen-bond donors (Lipinski definition) is 0. The highest BCUT2D eigenvalue weighted by atomic mass is 16.5. The molecule has 110 valence electrons. The van der Waals surface area contributed by atoms with Gasteiger partial charge >= 0.3 is 17.6 Å². The van der Waals surface area contributed by atoms with Gasteiger partial charge < -0.3 is 13.9 Å². The molecular formula is C14H18O6. The zero-order valence-corrected chi connectivity index (χ0v) is 12.0. The molecule has 0 saturated carbocycles. The molecule has 1 aromatic heterocycles. The van der Waals surface area contributed by atoms with Gasteiger partial charge in [-0.15, -0.1) is 0 Å². The summed E-state index contributed by atoms with van der Waals surface area (Å²) in [6, 6.07) is 0.941. The molecule has 6 nitrogen and oxygen atoms in total. The molecule has 1 aromatic rings. The van der Waals surface area contributed by atoms with Gasteiger partial charge in [-0.3, -0.25) is 0 Å². The number of aryl methyl sites for hydroxylation is 1. The highest BCUT2D eigenvalue weighted by Crippen LogP contribution is 2.15. The molecule has 0 aliphatic heterocycles. The second kappa shape index (κ2) is 6.88. The van der Waals surface area contributed by atoms with E-state index in [1.807, 2.05) is 13.8 Å². The van der Waals surface area contributed by atoms with Crippen molar-refractivity contribution in [3.8, 4) is 0 Å². The first kappa shape index (κ1) is 15.9. The average Bonchev–Trinajstić information content (AvgIpc) is 2.35. The van der Waals surface area contributed by atoms with Gasteiger partial charge in [-0.05, 0) is 19.8 Å². The first-order chi connectivity index (χ1) is 9.36. The average molecular weight is 282 g/mol. The van der Waals surface area contributed by atoms with Crippen LogP contribution < -0.4 is 5.63 Å². The van der Waals surface area contributed by atoms with Crippen molar-refractivity contribution in [1.82, 2.24) is 0 Å². The smallest absolute Gasteiger partial charge is 0.342 e. The largest absolute Gasteiger partial charge is 0.462 e. The van der Waals surface area contributed by atoms with Gasteiger partial charge in [0.15, 0.2) is 0 Å². The Morgan fingerprint density at radius 1 is 1.25 bits per heavy atom. The summed E-state index contributed by atoms with van der Waals surface area (Å²) >= 11 is 0. The van der Waals surface area contributed by atoms with Crippen molar-refractivity contribution in [3.63, 3.8) is 0 Å². The fraction of sp³-hybridized carbons (Fsp3) is 0.500. The van der Waals surface area contributed by atoms with E-state index in [-0.39, 0.29) is 36.0 Å². The quantitative estimate of drug-likeness (QED) is 0.767. The van der Waals surface area contributed by atoms with Gasteiger partial charge in [0.2, 0.25) is 0 Å². The lowest BCUT2D eigenvalue weighted by Crippen LogP contribution is -2.20. The molecule has 1 heterocycles. The Balaban J connectivity index is 3.19. The third kappa shape index (κ3) is 3.94. The molecule has 0 aliphatic rings. The Morgan fingerprint density at radius 2 is 1.90 bits per heavy atom. The standard InChI is InChI=1S/C14H18O6/c1-5-18-13(16)10-6-11(15)20-9(4)12(10)14(17)19-7-8(2)3/h6,8H,5,7H2,1-4H3. The van der Waals surface area contributed by atoms with Crippen LogP contribution in [0, 0.1) is 12.8 Å². The zero-order valence-electron chi connectivity index (χ0n) is 12.0. The summed E-state index contributed by atoms with van der Waals surface area (Å²) in [6.45, 7) is 7.18. The Morgan fingerprint density at radius 3 is 2.45 bits per heavy atom. The maximum Gasteiger partial charge on any atom is 0.342 e. The number of carbonyl (C=O) groups excluding carboxylic acids is 2. The van der Waals surface area contributed by atoms with E-state index < -0.39 is 17.6 Å². The van der Waals surface area contributed by atoms with Gasteiger partial charge in [-0.25, -0.2) is 14.4 Å². The molecule has 0 radical (unpaired) electrons. The minimum Gasteiger partial charge on any atom is -0.462 e. The number of hydrogen-bond acceptors (Lipinski definition) is 6. The van der Waals surface area contributed by atoms with Crippen LogP contribution in [-0.2, 0) is 9.47 Å². The second-order valence-electron chi connectivity index (χ2n) is 4.62. The molecule has 0 fully saturated rings. The SMILES string of the molecule is CCOC(=O)c1cc(=O)oc(C)c1C(=O)OCC(C)C. The van der Waals surface area contributed by atoms with E-state index in [2.05, 4.69) is 0 Å². The van der Waals surface area contributed by atoms with Gasteiger partial charge in [-0.2, -0.15) is 0 Å². The topological polar surface area (TPSA) is 82.8 Å². The van der Waals surface area contributed by atoms with Crippen molar-refractivity contribution in [2.24, 2.45) is 5.92 Å². The second-order valence-corrected chi connectivity index (χ2v) is 4.62. The van der Waals surface area contributed by atoms with E-state index in [1.54, 1.807) is 6.92 Å². The Labute approximate surface area is 116 Å². The summed E-state index contributed by atoms with van der Waals surface area (Å²) in [5.41, 5.74) is -0.913. The predicted molar refractivity (Wildman–Crippen MR) is 70.8 cm³/mol. The third-order valence-corrected chi connectivity index (χ3v) is 2.38. The molecule has 0 unspecified atom stereocenters. The number of carbonyl (C=O) groups is 2. The summed E-state index contributed by atoms with van der Waals surface area (Å²) < 4.78 is 14.7. The monoisotopic (exact) mass is 282 g/mol. The van der Waals surface area contributed by atoms with E-state index in [9.17, 15) is 14.4 Å². The van der Waals surface area contributed by atoms with Crippen molar-refractivity contribution in [2.75, 3.05) is 13.2 Å².